The topological polar surface area (TPSA) is 48.5 Å². The second-order valence-electron chi connectivity index (χ2n) is 6.83. The molecule has 0 bridgehead atoms. The first kappa shape index (κ1) is 19.4. The lowest BCUT2D eigenvalue weighted by Crippen LogP contribution is -2.50. The Kier molecular flexibility index (Phi) is 6.13. The molecule has 0 spiro atoms. The number of hydrogen-bond acceptors (Lipinski definition) is 4. The smallest absolute Gasteiger partial charge is 0.237 e. The Balaban J connectivity index is 1.69. The molecular weight excluding hydrogens is 350 g/mol. The molecule has 5 nitrogen and oxygen atoms in total. The fraction of sp³-hybridized carbons (Fsp3) is 0.400. The maximum atomic E-state index is 13.5. The Hall–Kier alpha value is -2.38. The Labute approximate surface area is 158 Å². The van der Waals surface area contributed by atoms with Gasteiger partial charge in [-0.05, 0) is 36.2 Å². The van der Waals surface area contributed by atoms with Gasteiger partial charge in [0.1, 0.15) is 0 Å². The zero-order valence-corrected chi connectivity index (χ0v) is 15.5. The first-order valence-corrected chi connectivity index (χ1v) is 9.02. The number of nitrogens with one attached hydrogen (secondary N) is 1. The lowest BCUT2D eigenvalue weighted by molar-refractivity contribution is -0.133. The summed E-state index contributed by atoms with van der Waals surface area (Å²) in [6, 6.07) is 7.37. The number of carbonyl (C=O) groups excluding carboxylic acids is 1. The second kappa shape index (κ2) is 8.54. The van der Waals surface area contributed by atoms with E-state index >= 15 is 0 Å². The lowest BCUT2D eigenvalue weighted by atomic mass is 10.0. The van der Waals surface area contributed by atoms with E-state index in [1.807, 2.05) is 18.3 Å². The quantitative estimate of drug-likeness (QED) is 0.874. The summed E-state index contributed by atoms with van der Waals surface area (Å²) in [4.78, 5) is 20.7. The van der Waals surface area contributed by atoms with Crippen molar-refractivity contribution >= 4 is 5.91 Å². The van der Waals surface area contributed by atoms with E-state index in [-0.39, 0.29) is 24.5 Å². The summed E-state index contributed by atoms with van der Waals surface area (Å²) in [6.07, 6.45) is 3.55. The predicted molar refractivity (Wildman–Crippen MR) is 99.0 cm³/mol. The normalized spacial score (nSPS) is 18.9. The van der Waals surface area contributed by atoms with E-state index in [4.69, 9.17) is 0 Å². The highest BCUT2D eigenvalue weighted by Gasteiger charge is 2.28. The average Bonchev–Trinajstić information content (AvgIpc) is 2.70. The van der Waals surface area contributed by atoms with Gasteiger partial charge in [0, 0.05) is 45.1 Å². The summed E-state index contributed by atoms with van der Waals surface area (Å²) in [7, 11) is 1.69. The largest absolute Gasteiger partial charge is 0.338 e. The molecule has 2 aromatic rings. The van der Waals surface area contributed by atoms with Crippen LogP contribution in [0.3, 0.4) is 0 Å². The lowest BCUT2D eigenvalue weighted by Gasteiger charge is -2.37. The number of carbonyl (C=O) groups is 1. The van der Waals surface area contributed by atoms with E-state index in [9.17, 15) is 13.6 Å². The number of nitrogens with zero attached hydrogens (tertiary/aromatic N) is 3. The van der Waals surface area contributed by atoms with E-state index in [2.05, 4.69) is 15.2 Å². The van der Waals surface area contributed by atoms with E-state index < -0.39 is 11.6 Å². The van der Waals surface area contributed by atoms with Gasteiger partial charge in [-0.25, -0.2) is 8.78 Å². The molecule has 3 rings (SSSR count). The third-order valence-corrected chi connectivity index (χ3v) is 5.16. The van der Waals surface area contributed by atoms with Gasteiger partial charge in [0.25, 0.3) is 0 Å². The molecule has 2 unspecified atom stereocenters. The van der Waals surface area contributed by atoms with Gasteiger partial charge in [-0.15, -0.1) is 0 Å². The monoisotopic (exact) mass is 374 g/mol. The van der Waals surface area contributed by atoms with Crippen LogP contribution in [0.4, 0.5) is 8.78 Å². The van der Waals surface area contributed by atoms with Crippen LogP contribution < -0.4 is 5.32 Å². The molecular formula is C20H24F2N4O. The molecule has 1 saturated heterocycles. The molecule has 1 aliphatic rings. The number of benzene rings is 1. The number of aromatic nitrogens is 1. The molecule has 7 heteroatoms. The molecule has 0 radical (unpaired) electrons. The van der Waals surface area contributed by atoms with Gasteiger partial charge in [0.15, 0.2) is 11.6 Å². The van der Waals surface area contributed by atoms with Crippen LogP contribution in [0, 0.1) is 11.6 Å². The highest BCUT2D eigenvalue weighted by atomic mass is 19.2. The van der Waals surface area contributed by atoms with Crippen LogP contribution in [0.15, 0.2) is 42.7 Å². The van der Waals surface area contributed by atoms with Crippen LogP contribution in [0.1, 0.15) is 30.1 Å². The van der Waals surface area contributed by atoms with Gasteiger partial charge >= 0.3 is 0 Å². The van der Waals surface area contributed by atoms with Crippen molar-refractivity contribution in [2.24, 2.45) is 0 Å². The summed E-state index contributed by atoms with van der Waals surface area (Å²) in [5.74, 6) is -1.86. The van der Waals surface area contributed by atoms with Crippen molar-refractivity contribution in [3.63, 3.8) is 0 Å². The fourth-order valence-corrected chi connectivity index (χ4v) is 3.33. The first-order valence-electron chi connectivity index (χ1n) is 9.02. The molecule has 1 N–H and O–H groups in total. The predicted octanol–water partition coefficient (Wildman–Crippen LogP) is 2.53. The Morgan fingerprint density at radius 2 is 2.19 bits per heavy atom. The van der Waals surface area contributed by atoms with Crippen LogP contribution in [0.2, 0.25) is 0 Å². The highest BCUT2D eigenvalue weighted by Crippen LogP contribution is 2.24. The van der Waals surface area contributed by atoms with Crippen molar-refractivity contribution in [1.29, 1.82) is 0 Å². The van der Waals surface area contributed by atoms with Crippen molar-refractivity contribution < 1.29 is 13.6 Å². The molecule has 1 aromatic heterocycles. The van der Waals surface area contributed by atoms with Gasteiger partial charge in [-0.3, -0.25) is 14.7 Å². The van der Waals surface area contributed by atoms with Crippen molar-refractivity contribution in [2.75, 3.05) is 33.2 Å². The zero-order chi connectivity index (χ0) is 19.4. The van der Waals surface area contributed by atoms with Crippen LogP contribution in [0.25, 0.3) is 0 Å². The van der Waals surface area contributed by atoms with Crippen LogP contribution >= 0.6 is 0 Å². The van der Waals surface area contributed by atoms with Gasteiger partial charge in [0.2, 0.25) is 5.91 Å². The van der Waals surface area contributed by atoms with Gasteiger partial charge in [-0.2, -0.15) is 0 Å². The molecule has 1 aromatic carbocycles. The number of pyridine rings is 1. The maximum Gasteiger partial charge on any atom is 0.237 e. The van der Waals surface area contributed by atoms with E-state index in [0.29, 0.717) is 5.56 Å². The van der Waals surface area contributed by atoms with Crippen LogP contribution in [-0.4, -0.2) is 53.9 Å². The molecule has 1 fully saturated rings. The molecule has 2 atom stereocenters. The van der Waals surface area contributed by atoms with Crippen molar-refractivity contribution in [3.05, 3.63) is 65.5 Å². The minimum Gasteiger partial charge on any atom is -0.338 e. The minimum absolute atomic E-state index is 0.0666. The SMILES string of the molecule is CC(c1ccc(F)c(F)c1)N(C)C(=O)CN1CCNCC1c1cccnc1. The molecule has 0 saturated carbocycles. The summed E-state index contributed by atoms with van der Waals surface area (Å²) in [5, 5.41) is 3.35. The van der Waals surface area contributed by atoms with Crippen molar-refractivity contribution in [1.82, 2.24) is 20.1 Å². The second-order valence-corrected chi connectivity index (χ2v) is 6.83. The van der Waals surface area contributed by atoms with Gasteiger partial charge < -0.3 is 10.2 Å². The summed E-state index contributed by atoms with van der Waals surface area (Å²) < 4.78 is 26.7. The maximum absolute atomic E-state index is 13.5. The summed E-state index contributed by atoms with van der Waals surface area (Å²) >= 11 is 0. The number of halogens is 2. The number of amides is 1. The third-order valence-electron chi connectivity index (χ3n) is 5.16. The Morgan fingerprint density at radius 1 is 1.37 bits per heavy atom. The zero-order valence-electron chi connectivity index (χ0n) is 15.5. The highest BCUT2D eigenvalue weighted by molar-refractivity contribution is 5.78. The molecule has 144 valence electrons. The van der Waals surface area contributed by atoms with Crippen molar-refractivity contribution in [2.45, 2.75) is 19.0 Å². The molecule has 0 aliphatic carbocycles. The minimum atomic E-state index is -0.904. The van der Waals surface area contributed by atoms with Crippen molar-refractivity contribution in [3.8, 4) is 0 Å². The van der Waals surface area contributed by atoms with Gasteiger partial charge in [0.05, 0.1) is 12.6 Å². The first-order chi connectivity index (χ1) is 13.0. The third kappa shape index (κ3) is 4.48. The molecule has 1 aliphatic heterocycles. The van der Waals surface area contributed by atoms with E-state index in [1.165, 1.54) is 6.07 Å². The van der Waals surface area contributed by atoms with E-state index in [1.54, 1.807) is 25.1 Å². The molecule has 27 heavy (non-hydrogen) atoms. The number of rotatable bonds is 5. The van der Waals surface area contributed by atoms with Crippen LogP contribution in [0.5, 0.6) is 0 Å². The van der Waals surface area contributed by atoms with Crippen LogP contribution in [-0.2, 0) is 4.79 Å². The number of hydrogen-bond donors (Lipinski definition) is 1. The van der Waals surface area contributed by atoms with Gasteiger partial charge in [-0.1, -0.05) is 12.1 Å². The summed E-state index contributed by atoms with van der Waals surface area (Å²) in [6.45, 7) is 4.37. The van der Waals surface area contributed by atoms with E-state index in [0.717, 1.165) is 37.3 Å². The molecule has 1 amide bonds. The summed E-state index contributed by atoms with van der Waals surface area (Å²) in [5.41, 5.74) is 1.63. The number of piperazine rings is 1. The Bertz CT molecular complexity index is 787. The average molecular weight is 374 g/mol. The fourth-order valence-electron chi connectivity index (χ4n) is 3.33. The Morgan fingerprint density at radius 3 is 2.89 bits per heavy atom. The number of likely N-dealkylation sites (N-methyl/N-ethyl adjacent to an activating group) is 1. The standard InChI is InChI=1S/C20H24F2N4O/c1-14(15-5-6-17(21)18(22)10-15)25(2)20(27)13-26-9-8-24-12-19(26)16-4-3-7-23-11-16/h3-7,10-11,14,19,24H,8-9,12-13H2,1-2H3. The molecule has 2 heterocycles.